The number of anilines is 1. The van der Waals surface area contributed by atoms with E-state index in [1.54, 1.807) is 19.2 Å². The zero-order valence-corrected chi connectivity index (χ0v) is 15.8. The lowest BCUT2D eigenvalue weighted by atomic mass is 9.96. The maximum absolute atomic E-state index is 12.7. The Hall–Kier alpha value is -3.02. The topological polar surface area (TPSA) is 67.9 Å². The summed E-state index contributed by atoms with van der Waals surface area (Å²) < 4.78 is 10.6. The summed E-state index contributed by atoms with van der Waals surface area (Å²) in [5, 5.41) is 3.05. The number of benzene rings is 2. The molecule has 0 saturated carbocycles. The van der Waals surface area contributed by atoms with E-state index in [-0.39, 0.29) is 36.9 Å². The van der Waals surface area contributed by atoms with Gasteiger partial charge < -0.3 is 14.8 Å². The van der Waals surface area contributed by atoms with E-state index in [9.17, 15) is 9.59 Å². The highest BCUT2D eigenvalue weighted by Gasteiger charge is 2.28. The standard InChI is InChI=1S/C21H24N2O4/c1-14(2)21(15-8-10-16(26-3)11-9-15)22-19(24)12-23-17-6-4-5-7-18(17)27-13-20(23)25/h4-11,14,21H,12-13H2,1-3H3,(H,22,24)/t21-/m0/s1. The minimum atomic E-state index is -0.227. The van der Waals surface area contributed by atoms with Crippen LogP contribution < -0.4 is 19.7 Å². The van der Waals surface area contributed by atoms with Crippen LogP contribution in [0.3, 0.4) is 0 Å². The molecule has 1 aliphatic rings. The fourth-order valence-corrected chi connectivity index (χ4v) is 3.14. The minimum Gasteiger partial charge on any atom is -0.497 e. The Labute approximate surface area is 159 Å². The van der Waals surface area contributed by atoms with Crippen LogP contribution in [-0.2, 0) is 9.59 Å². The van der Waals surface area contributed by atoms with Crippen LogP contribution in [0, 0.1) is 5.92 Å². The van der Waals surface area contributed by atoms with Crippen molar-refractivity contribution in [3.05, 3.63) is 54.1 Å². The number of para-hydroxylation sites is 2. The van der Waals surface area contributed by atoms with Gasteiger partial charge in [-0.2, -0.15) is 0 Å². The maximum Gasteiger partial charge on any atom is 0.265 e. The van der Waals surface area contributed by atoms with Gasteiger partial charge in [-0.3, -0.25) is 14.5 Å². The molecule has 1 aliphatic heterocycles. The van der Waals surface area contributed by atoms with Crippen LogP contribution in [0.25, 0.3) is 0 Å². The van der Waals surface area contributed by atoms with Crippen LogP contribution >= 0.6 is 0 Å². The molecule has 0 radical (unpaired) electrons. The number of hydrogen-bond acceptors (Lipinski definition) is 4. The smallest absolute Gasteiger partial charge is 0.265 e. The summed E-state index contributed by atoms with van der Waals surface area (Å²) in [4.78, 5) is 26.4. The summed E-state index contributed by atoms with van der Waals surface area (Å²) in [7, 11) is 1.62. The molecule has 1 heterocycles. The summed E-state index contributed by atoms with van der Waals surface area (Å²) in [5.41, 5.74) is 1.61. The fourth-order valence-electron chi connectivity index (χ4n) is 3.14. The number of hydrogen-bond donors (Lipinski definition) is 1. The molecule has 1 atom stereocenters. The monoisotopic (exact) mass is 368 g/mol. The summed E-state index contributed by atoms with van der Waals surface area (Å²) in [5.74, 6) is 1.13. The first-order valence-electron chi connectivity index (χ1n) is 8.95. The highest BCUT2D eigenvalue weighted by Crippen LogP contribution is 2.31. The van der Waals surface area contributed by atoms with Gasteiger partial charge in [-0.25, -0.2) is 0 Å². The quantitative estimate of drug-likeness (QED) is 0.851. The van der Waals surface area contributed by atoms with Crippen molar-refractivity contribution in [3.8, 4) is 11.5 Å². The Morgan fingerprint density at radius 2 is 1.89 bits per heavy atom. The molecule has 0 fully saturated rings. The molecule has 2 amide bonds. The lowest BCUT2D eigenvalue weighted by Gasteiger charge is -2.30. The van der Waals surface area contributed by atoms with Crippen LogP contribution in [0.2, 0.25) is 0 Å². The van der Waals surface area contributed by atoms with Gasteiger partial charge in [0.25, 0.3) is 5.91 Å². The van der Waals surface area contributed by atoms with Crippen molar-refractivity contribution in [2.45, 2.75) is 19.9 Å². The van der Waals surface area contributed by atoms with E-state index in [1.165, 1.54) is 4.90 Å². The first-order valence-corrected chi connectivity index (χ1v) is 8.95. The number of ether oxygens (including phenoxy) is 2. The zero-order chi connectivity index (χ0) is 19.4. The largest absolute Gasteiger partial charge is 0.497 e. The molecular formula is C21H24N2O4. The molecule has 2 aromatic rings. The average Bonchev–Trinajstić information content (AvgIpc) is 2.68. The molecule has 1 N–H and O–H groups in total. The first-order chi connectivity index (χ1) is 13.0. The third kappa shape index (κ3) is 4.22. The highest BCUT2D eigenvalue weighted by molar-refractivity contribution is 6.02. The van der Waals surface area contributed by atoms with E-state index in [0.29, 0.717) is 11.4 Å². The Kier molecular flexibility index (Phi) is 5.64. The molecule has 0 aliphatic carbocycles. The van der Waals surface area contributed by atoms with Crippen molar-refractivity contribution in [2.75, 3.05) is 25.2 Å². The molecule has 0 spiro atoms. The van der Waals surface area contributed by atoms with Crippen molar-refractivity contribution >= 4 is 17.5 Å². The van der Waals surface area contributed by atoms with Crippen LogP contribution in [-0.4, -0.2) is 32.1 Å². The van der Waals surface area contributed by atoms with Crippen LogP contribution in [0.15, 0.2) is 48.5 Å². The predicted molar refractivity (Wildman–Crippen MR) is 103 cm³/mol. The van der Waals surface area contributed by atoms with E-state index in [4.69, 9.17) is 9.47 Å². The van der Waals surface area contributed by atoms with E-state index >= 15 is 0 Å². The van der Waals surface area contributed by atoms with Gasteiger partial charge in [0.05, 0.1) is 18.8 Å². The van der Waals surface area contributed by atoms with E-state index in [1.807, 2.05) is 50.2 Å². The van der Waals surface area contributed by atoms with Crippen molar-refractivity contribution in [2.24, 2.45) is 5.92 Å². The second-order valence-electron chi connectivity index (χ2n) is 6.80. The van der Waals surface area contributed by atoms with Crippen LogP contribution in [0.4, 0.5) is 5.69 Å². The number of carbonyl (C=O) groups excluding carboxylic acids is 2. The van der Waals surface area contributed by atoms with Gasteiger partial charge in [0.2, 0.25) is 5.91 Å². The van der Waals surface area contributed by atoms with Crippen LogP contribution in [0.5, 0.6) is 11.5 Å². The molecule has 142 valence electrons. The fraction of sp³-hybridized carbons (Fsp3) is 0.333. The molecule has 27 heavy (non-hydrogen) atoms. The number of nitrogens with zero attached hydrogens (tertiary/aromatic N) is 1. The number of rotatable bonds is 6. The Morgan fingerprint density at radius 3 is 2.56 bits per heavy atom. The summed E-state index contributed by atoms with van der Waals surface area (Å²) in [6.45, 7) is 3.99. The van der Waals surface area contributed by atoms with Crippen molar-refractivity contribution in [1.29, 1.82) is 0 Å². The molecule has 6 heteroatoms. The third-order valence-corrected chi connectivity index (χ3v) is 4.57. The number of amides is 2. The second-order valence-corrected chi connectivity index (χ2v) is 6.80. The van der Waals surface area contributed by atoms with Gasteiger partial charge in [0.15, 0.2) is 6.61 Å². The zero-order valence-electron chi connectivity index (χ0n) is 15.8. The molecule has 2 aromatic carbocycles. The average molecular weight is 368 g/mol. The molecule has 0 bridgehead atoms. The number of carbonyl (C=O) groups is 2. The van der Waals surface area contributed by atoms with Crippen molar-refractivity contribution < 1.29 is 19.1 Å². The summed E-state index contributed by atoms with van der Waals surface area (Å²) in [6.07, 6.45) is 0. The van der Waals surface area contributed by atoms with E-state index in [2.05, 4.69) is 5.32 Å². The number of nitrogens with one attached hydrogen (secondary N) is 1. The molecule has 3 rings (SSSR count). The summed E-state index contributed by atoms with van der Waals surface area (Å²) >= 11 is 0. The number of fused-ring (bicyclic) bond motifs is 1. The molecule has 0 unspecified atom stereocenters. The van der Waals surface area contributed by atoms with Gasteiger partial charge in [-0.15, -0.1) is 0 Å². The Bertz CT molecular complexity index is 817. The van der Waals surface area contributed by atoms with E-state index < -0.39 is 0 Å². The normalized spacial score (nSPS) is 14.4. The van der Waals surface area contributed by atoms with Crippen molar-refractivity contribution in [1.82, 2.24) is 5.32 Å². The molecular weight excluding hydrogens is 344 g/mol. The van der Waals surface area contributed by atoms with Gasteiger partial charge in [0, 0.05) is 0 Å². The first kappa shape index (κ1) is 18.8. The van der Waals surface area contributed by atoms with Gasteiger partial charge in [0.1, 0.15) is 18.0 Å². The Morgan fingerprint density at radius 1 is 1.19 bits per heavy atom. The lowest BCUT2D eigenvalue weighted by Crippen LogP contribution is -2.46. The third-order valence-electron chi connectivity index (χ3n) is 4.57. The molecule has 6 nitrogen and oxygen atoms in total. The predicted octanol–water partition coefficient (Wildman–Crippen LogP) is 2.93. The van der Waals surface area contributed by atoms with E-state index in [0.717, 1.165) is 11.3 Å². The SMILES string of the molecule is COc1ccc([C@@H](NC(=O)CN2C(=O)COc3ccccc32)C(C)C)cc1. The number of methoxy groups -OCH3 is 1. The van der Waals surface area contributed by atoms with Crippen molar-refractivity contribution in [3.63, 3.8) is 0 Å². The Balaban J connectivity index is 1.74. The second kappa shape index (κ2) is 8.12. The minimum absolute atomic E-state index is 0.0431. The van der Waals surface area contributed by atoms with Gasteiger partial charge >= 0.3 is 0 Å². The summed E-state index contributed by atoms with van der Waals surface area (Å²) in [6, 6.07) is 14.7. The lowest BCUT2D eigenvalue weighted by molar-refractivity contribution is -0.125. The van der Waals surface area contributed by atoms with Gasteiger partial charge in [-0.1, -0.05) is 38.1 Å². The van der Waals surface area contributed by atoms with Gasteiger partial charge in [-0.05, 0) is 35.7 Å². The molecule has 0 saturated heterocycles. The maximum atomic E-state index is 12.7. The van der Waals surface area contributed by atoms with Crippen LogP contribution in [0.1, 0.15) is 25.5 Å². The highest BCUT2D eigenvalue weighted by atomic mass is 16.5. The molecule has 0 aromatic heterocycles.